The average Bonchev–Trinajstić information content (AvgIpc) is 2.70. The minimum Gasteiger partial charge on any atom is -0.493 e. The molecule has 0 N–H and O–H groups in total. The first-order chi connectivity index (χ1) is 12.7. The number of rotatable bonds is 6. The van der Waals surface area contributed by atoms with E-state index in [2.05, 4.69) is 19.1 Å². The molecule has 0 saturated carbocycles. The van der Waals surface area contributed by atoms with Gasteiger partial charge in [-0.05, 0) is 36.2 Å². The van der Waals surface area contributed by atoms with Gasteiger partial charge in [-0.25, -0.2) is 0 Å². The SMILES string of the molecule is CCCCC1C=Cc2ccccc2N1C(=O)c1ccc(OC)c(OC)c1. The van der Waals surface area contributed by atoms with E-state index in [4.69, 9.17) is 9.47 Å². The molecule has 26 heavy (non-hydrogen) atoms. The Hall–Kier alpha value is -2.75. The molecule has 4 heteroatoms. The maximum absolute atomic E-state index is 13.4. The van der Waals surface area contributed by atoms with E-state index >= 15 is 0 Å². The molecule has 2 aromatic rings. The van der Waals surface area contributed by atoms with E-state index in [1.54, 1.807) is 32.4 Å². The number of carbonyl (C=O) groups is 1. The summed E-state index contributed by atoms with van der Waals surface area (Å²) in [5.41, 5.74) is 2.61. The number of para-hydroxylation sites is 1. The molecule has 0 saturated heterocycles. The van der Waals surface area contributed by atoms with Crippen LogP contribution in [0, 0.1) is 0 Å². The molecule has 0 spiro atoms. The molecule has 1 amide bonds. The second-order valence-corrected chi connectivity index (χ2v) is 6.37. The lowest BCUT2D eigenvalue weighted by Crippen LogP contribution is -2.41. The summed E-state index contributed by atoms with van der Waals surface area (Å²) in [7, 11) is 3.17. The van der Waals surface area contributed by atoms with Gasteiger partial charge < -0.3 is 14.4 Å². The highest BCUT2D eigenvalue weighted by atomic mass is 16.5. The van der Waals surface area contributed by atoms with Gasteiger partial charge in [0.25, 0.3) is 5.91 Å². The van der Waals surface area contributed by atoms with Crippen molar-refractivity contribution in [3.63, 3.8) is 0 Å². The Balaban J connectivity index is 2.00. The summed E-state index contributed by atoms with van der Waals surface area (Å²) in [6.45, 7) is 2.17. The zero-order chi connectivity index (χ0) is 18.5. The number of anilines is 1. The van der Waals surface area contributed by atoms with Crippen molar-refractivity contribution >= 4 is 17.7 Å². The Labute approximate surface area is 155 Å². The molecule has 1 atom stereocenters. The molecule has 0 fully saturated rings. The molecule has 4 nitrogen and oxygen atoms in total. The summed E-state index contributed by atoms with van der Waals surface area (Å²) >= 11 is 0. The van der Waals surface area contributed by atoms with Crippen molar-refractivity contribution in [3.05, 3.63) is 59.7 Å². The second-order valence-electron chi connectivity index (χ2n) is 6.37. The molecular formula is C22H25NO3. The third-order valence-electron chi connectivity index (χ3n) is 4.73. The van der Waals surface area contributed by atoms with Crippen molar-refractivity contribution in [2.75, 3.05) is 19.1 Å². The first kappa shape index (κ1) is 18.1. The Morgan fingerprint density at radius 3 is 2.58 bits per heavy atom. The van der Waals surface area contributed by atoms with Crippen LogP contribution in [0.3, 0.4) is 0 Å². The van der Waals surface area contributed by atoms with Crippen molar-refractivity contribution in [1.29, 1.82) is 0 Å². The zero-order valence-corrected chi connectivity index (χ0v) is 15.6. The van der Waals surface area contributed by atoms with Crippen molar-refractivity contribution in [2.24, 2.45) is 0 Å². The summed E-state index contributed by atoms with van der Waals surface area (Å²) in [6, 6.07) is 13.4. The maximum atomic E-state index is 13.4. The van der Waals surface area contributed by atoms with Gasteiger partial charge in [0.1, 0.15) is 0 Å². The topological polar surface area (TPSA) is 38.8 Å². The highest BCUT2D eigenvalue weighted by Gasteiger charge is 2.28. The van der Waals surface area contributed by atoms with Crippen LogP contribution in [0.15, 0.2) is 48.5 Å². The highest BCUT2D eigenvalue weighted by molar-refractivity contribution is 6.08. The largest absolute Gasteiger partial charge is 0.493 e. The Morgan fingerprint density at radius 1 is 1.08 bits per heavy atom. The van der Waals surface area contributed by atoms with Crippen LogP contribution in [0.25, 0.3) is 6.08 Å². The molecule has 0 aromatic heterocycles. The van der Waals surface area contributed by atoms with Crippen molar-refractivity contribution in [3.8, 4) is 11.5 Å². The molecule has 136 valence electrons. The lowest BCUT2D eigenvalue weighted by molar-refractivity contribution is 0.0979. The van der Waals surface area contributed by atoms with Crippen LogP contribution in [0.5, 0.6) is 11.5 Å². The summed E-state index contributed by atoms with van der Waals surface area (Å²) < 4.78 is 10.7. The third kappa shape index (κ3) is 3.45. The number of hydrogen-bond donors (Lipinski definition) is 0. The third-order valence-corrected chi connectivity index (χ3v) is 4.73. The molecule has 0 radical (unpaired) electrons. The van der Waals surface area contributed by atoms with Gasteiger partial charge in [-0.2, -0.15) is 0 Å². The van der Waals surface area contributed by atoms with E-state index in [1.165, 1.54) is 0 Å². The van der Waals surface area contributed by atoms with Crippen molar-refractivity contribution in [1.82, 2.24) is 0 Å². The maximum Gasteiger partial charge on any atom is 0.258 e. The van der Waals surface area contributed by atoms with Gasteiger partial charge in [-0.15, -0.1) is 0 Å². The molecule has 0 bridgehead atoms. The fraction of sp³-hybridized carbons (Fsp3) is 0.318. The summed E-state index contributed by atoms with van der Waals surface area (Å²) in [4.78, 5) is 15.3. The molecule has 1 heterocycles. The molecule has 2 aromatic carbocycles. The predicted octanol–water partition coefficient (Wildman–Crippen LogP) is 4.94. The number of benzene rings is 2. The van der Waals surface area contributed by atoms with Gasteiger partial charge in [0.2, 0.25) is 0 Å². The quantitative estimate of drug-likeness (QED) is 0.740. The van der Waals surface area contributed by atoms with Crippen LogP contribution in [0.4, 0.5) is 5.69 Å². The average molecular weight is 351 g/mol. The number of carbonyl (C=O) groups excluding carboxylic acids is 1. The Bertz CT molecular complexity index is 813. The lowest BCUT2D eigenvalue weighted by Gasteiger charge is -2.34. The van der Waals surface area contributed by atoms with E-state index in [0.29, 0.717) is 17.1 Å². The van der Waals surface area contributed by atoms with Gasteiger partial charge in [0.05, 0.1) is 25.9 Å². The zero-order valence-electron chi connectivity index (χ0n) is 15.6. The Morgan fingerprint density at radius 2 is 1.85 bits per heavy atom. The minimum absolute atomic E-state index is 0.0242. The molecule has 1 aliphatic heterocycles. The van der Waals surface area contributed by atoms with Crippen LogP contribution >= 0.6 is 0 Å². The molecule has 1 aliphatic rings. The van der Waals surface area contributed by atoms with Crippen LogP contribution in [-0.2, 0) is 0 Å². The van der Waals surface area contributed by atoms with E-state index in [1.807, 2.05) is 29.2 Å². The van der Waals surface area contributed by atoms with Crippen molar-refractivity contribution in [2.45, 2.75) is 32.2 Å². The summed E-state index contributed by atoms with van der Waals surface area (Å²) in [6.07, 6.45) is 7.38. The fourth-order valence-corrected chi connectivity index (χ4v) is 3.33. The van der Waals surface area contributed by atoms with Crippen LogP contribution in [0.1, 0.15) is 42.1 Å². The van der Waals surface area contributed by atoms with Gasteiger partial charge in [-0.1, -0.05) is 50.1 Å². The molecule has 3 rings (SSSR count). The van der Waals surface area contributed by atoms with Crippen molar-refractivity contribution < 1.29 is 14.3 Å². The first-order valence-electron chi connectivity index (χ1n) is 9.02. The molecular weight excluding hydrogens is 326 g/mol. The molecule has 0 aliphatic carbocycles. The summed E-state index contributed by atoms with van der Waals surface area (Å²) in [5.74, 6) is 1.15. The van der Waals surface area contributed by atoms with E-state index in [-0.39, 0.29) is 11.9 Å². The van der Waals surface area contributed by atoms with Crippen LogP contribution in [0.2, 0.25) is 0 Å². The van der Waals surface area contributed by atoms with Gasteiger partial charge >= 0.3 is 0 Å². The van der Waals surface area contributed by atoms with Crippen LogP contribution in [-0.4, -0.2) is 26.2 Å². The lowest BCUT2D eigenvalue weighted by atomic mass is 9.98. The van der Waals surface area contributed by atoms with E-state index < -0.39 is 0 Å². The number of methoxy groups -OCH3 is 2. The smallest absolute Gasteiger partial charge is 0.258 e. The highest BCUT2D eigenvalue weighted by Crippen LogP contribution is 2.34. The van der Waals surface area contributed by atoms with E-state index in [0.717, 1.165) is 30.5 Å². The number of amides is 1. The summed E-state index contributed by atoms with van der Waals surface area (Å²) in [5, 5.41) is 0. The normalized spacial score (nSPS) is 15.5. The van der Waals surface area contributed by atoms with Crippen LogP contribution < -0.4 is 14.4 Å². The van der Waals surface area contributed by atoms with Gasteiger partial charge in [-0.3, -0.25) is 4.79 Å². The molecule has 1 unspecified atom stereocenters. The number of ether oxygens (including phenoxy) is 2. The standard InChI is InChI=1S/C22H25NO3/c1-4-5-9-18-13-11-16-8-6-7-10-19(16)23(18)22(24)17-12-14-20(25-2)21(15-17)26-3/h6-8,10-15,18H,4-5,9H2,1-3H3. The number of fused-ring (bicyclic) bond motifs is 1. The number of hydrogen-bond acceptors (Lipinski definition) is 3. The second kappa shape index (κ2) is 8.09. The van der Waals surface area contributed by atoms with E-state index in [9.17, 15) is 4.79 Å². The number of unbranched alkanes of at least 4 members (excludes halogenated alkanes) is 1. The number of nitrogens with zero attached hydrogens (tertiary/aromatic N) is 1. The minimum atomic E-state index is -0.0242. The van der Waals surface area contributed by atoms with Gasteiger partial charge in [0, 0.05) is 5.56 Å². The Kier molecular flexibility index (Phi) is 5.61. The first-order valence-corrected chi connectivity index (χ1v) is 9.02. The predicted molar refractivity (Wildman–Crippen MR) is 105 cm³/mol. The fourth-order valence-electron chi connectivity index (χ4n) is 3.33. The monoisotopic (exact) mass is 351 g/mol. The van der Waals surface area contributed by atoms with Gasteiger partial charge in [0.15, 0.2) is 11.5 Å².